The van der Waals surface area contributed by atoms with E-state index in [2.05, 4.69) is 62.2 Å². The molecule has 4 aromatic rings. The van der Waals surface area contributed by atoms with Crippen molar-refractivity contribution >= 4 is 54.3 Å². The highest BCUT2D eigenvalue weighted by molar-refractivity contribution is 9.11. The molecule has 0 bridgehead atoms. The standard InChI is InChI=1S/C26H17Br2NO/c27-24-14-18(13-22(16-29)19-7-2-1-3-8-19)15-25(28)26(24)30-17-21-11-6-10-20-9-4-5-12-23(20)21/h1-15H,17H2. The molecule has 0 unspecified atom stereocenters. The van der Waals surface area contributed by atoms with E-state index in [0.717, 1.165) is 31.4 Å². The lowest BCUT2D eigenvalue weighted by atomic mass is 10.0. The fraction of sp³-hybridized carbons (Fsp3) is 0.0385. The number of hydrogen-bond donors (Lipinski definition) is 0. The minimum Gasteiger partial charge on any atom is -0.487 e. The van der Waals surface area contributed by atoms with E-state index in [1.807, 2.05) is 66.7 Å². The molecular formula is C26H17Br2NO. The average molecular weight is 519 g/mol. The molecular weight excluding hydrogens is 502 g/mol. The molecule has 0 N–H and O–H groups in total. The predicted octanol–water partition coefficient (Wildman–Crippen LogP) is 8.01. The van der Waals surface area contributed by atoms with Gasteiger partial charge in [0.15, 0.2) is 0 Å². The quantitative estimate of drug-likeness (QED) is 0.198. The fourth-order valence-corrected chi connectivity index (χ4v) is 4.78. The molecule has 0 atom stereocenters. The number of benzene rings is 4. The molecule has 4 rings (SSSR count). The smallest absolute Gasteiger partial charge is 0.148 e. The number of nitrogens with zero attached hydrogens (tertiary/aromatic N) is 1. The van der Waals surface area contributed by atoms with Crippen LogP contribution in [0.1, 0.15) is 16.7 Å². The SMILES string of the molecule is N#CC(=Cc1cc(Br)c(OCc2cccc3ccccc23)c(Br)c1)c1ccccc1. The third-order valence-electron chi connectivity index (χ3n) is 4.79. The highest BCUT2D eigenvalue weighted by atomic mass is 79.9. The second-order valence-corrected chi connectivity index (χ2v) is 8.49. The zero-order valence-electron chi connectivity index (χ0n) is 16.0. The van der Waals surface area contributed by atoms with Gasteiger partial charge in [0.25, 0.3) is 0 Å². The maximum atomic E-state index is 9.56. The Morgan fingerprint density at radius 2 is 1.53 bits per heavy atom. The van der Waals surface area contributed by atoms with Crippen molar-refractivity contribution in [2.24, 2.45) is 0 Å². The molecule has 0 saturated heterocycles. The number of nitriles is 1. The van der Waals surface area contributed by atoms with Crippen molar-refractivity contribution in [1.82, 2.24) is 0 Å². The summed E-state index contributed by atoms with van der Waals surface area (Å²) in [7, 11) is 0. The Balaban J connectivity index is 1.60. The predicted molar refractivity (Wildman–Crippen MR) is 130 cm³/mol. The van der Waals surface area contributed by atoms with Crippen LogP contribution in [0.4, 0.5) is 0 Å². The lowest BCUT2D eigenvalue weighted by Crippen LogP contribution is -1.98. The van der Waals surface area contributed by atoms with Crippen LogP contribution in [0.3, 0.4) is 0 Å². The van der Waals surface area contributed by atoms with E-state index < -0.39 is 0 Å². The van der Waals surface area contributed by atoms with Crippen LogP contribution in [0.2, 0.25) is 0 Å². The zero-order valence-corrected chi connectivity index (χ0v) is 19.2. The summed E-state index contributed by atoms with van der Waals surface area (Å²) in [5, 5.41) is 11.9. The first-order chi connectivity index (χ1) is 14.7. The van der Waals surface area contributed by atoms with Crippen LogP contribution < -0.4 is 4.74 Å². The number of rotatable bonds is 5. The molecule has 30 heavy (non-hydrogen) atoms. The van der Waals surface area contributed by atoms with E-state index in [-0.39, 0.29) is 0 Å². The van der Waals surface area contributed by atoms with Crippen LogP contribution >= 0.6 is 31.9 Å². The summed E-state index contributed by atoms with van der Waals surface area (Å²) in [6, 6.07) is 30.4. The lowest BCUT2D eigenvalue weighted by Gasteiger charge is -2.13. The van der Waals surface area contributed by atoms with Crippen LogP contribution in [-0.4, -0.2) is 0 Å². The van der Waals surface area contributed by atoms with E-state index >= 15 is 0 Å². The molecule has 0 aliphatic rings. The van der Waals surface area contributed by atoms with Gasteiger partial charge in [0.1, 0.15) is 12.4 Å². The van der Waals surface area contributed by atoms with Gasteiger partial charge in [-0.15, -0.1) is 0 Å². The topological polar surface area (TPSA) is 33.0 Å². The van der Waals surface area contributed by atoms with Gasteiger partial charge in [-0.05, 0) is 77.5 Å². The number of hydrogen-bond acceptors (Lipinski definition) is 2. The van der Waals surface area contributed by atoms with Crippen molar-refractivity contribution in [1.29, 1.82) is 5.26 Å². The fourth-order valence-electron chi connectivity index (χ4n) is 3.33. The van der Waals surface area contributed by atoms with Gasteiger partial charge < -0.3 is 4.74 Å². The Morgan fingerprint density at radius 1 is 0.867 bits per heavy atom. The van der Waals surface area contributed by atoms with Gasteiger partial charge in [-0.2, -0.15) is 5.26 Å². The molecule has 0 saturated carbocycles. The molecule has 0 fully saturated rings. The molecule has 0 aromatic heterocycles. The summed E-state index contributed by atoms with van der Waals surface area (Å²) >= 11 is 7.24. The van der Waals surface area contributed by atoms with Crippen LogP contribution in [0, 0.1) is 11.3 Å². The van der Waals surface area contributed by atoms with Crippen molar-refractivity contribution in [2.75, 3.05) is 0 Å². The van der Waals surface area contributed by atoms with E-state index in [4.69, 9.17) is 4.74 Å². The molecule has 4 heteroatoms. The minimum absolute atomic E-state index is 0.460. The Bertz CT molecular complexity index is 1240. The Hall–Kier alpha value is -2.87. The van der Waals surface area contributed by atoms with Gasteiger partial charge in [-0.3, -0.25) is 0 Å². The summed E-state index contributed by atoms with van der Waals surface area (Å²) in [5.41, 5.74) is 3.54. The van der Waals surface area contributed by atoms with Gasteiger partial charge in [-0.1, -0.05) is 72.8 Å². The molecule has 4 aromatic carbocycles. The summed E-state index contributed by atoms with van der Waals surface area (Å²) in [4.78, 5) is 0. The summed E-state index contributed by atoms with van der Waals surface area (Å²) in [6.45, 7) is 0.460. The van der Waals surface area contributed by atoms with E-state index in [9.17, 15) is 5.26 Å². The summed E-state index contributed by atoms with van der Waals surface area (Å²) < 4.78 is 7.81. The maximum Gasteiger partial charge on any atom is 0.148 e. The number of fused-ring (bicyclic) bond motifs is 1. The van der Waals surface area contributed by atoms with Crippen molar-refractivity contribution in [3.8, 4) is 11.8 Å². The van der Waals surface area contributed by atoms with Crippen molar-refractivity contribution < 1.29 is 4.74 Å². The van der Waals surface area contributed by atoms with Crippen LogP contribution in [0.5, 0.6) is 5.75 Å². The van der Waals surface area contributed by atoms with Crippen molar-refractivity contribution in [3.63, 3.8) is 0 Å². The Kier molecular flexibility index (Phi) is 6.32. The summed E-state index contributed by atoms with van der Waals surface area (Å²) in [6.07, 6.45) is 1.87. The first-order valence-electron chi connectivity index (χ1n) is 9.41. The first-order valence-corrected chi connectivity index (χ1v) is 11.0. The minimum atomic E-state index is 0.460. The Labute approximate surface area is 192 Å². The third kappa shape index (κ3) is 4.48. The normalized spacial score (nSPS) is 11.3. The highest BCUT2D eigenvalue weighted by Crippen LogP contribution is 2.36. The molecule has 0 radical (unpaired) electrons. The highest BCUT2D eigenvalue weighted by Gasteiger charge is 2.11. The van der Waals surface area contributed by atoms with E-state index in [1.54, 1.807) is 0 Å². The lowest BCUT2D eigenvalue weighted by molar-refractivity contribution is 0.303. The molecule has 0 aliphatic heterocycles. The largest absolute Gasteiger partial charge is 0.487 e. The van der Waals surface area contributed by atoms with Gasteiger partial charge in [0, 0.05) is 0 Å². The molecule has 146 valence electrons. The summed E-state index contributed by atoms with van der Waals surface area (Å²) in [5.74, 6) is 0.735. The van der Waals surface area contributed by atoms with Crippen molar-refractivity contribution in [2.45, 2.75) is 6.61 Å². The number of ether oxygens (including phenoxy) is 1. The maximum absolute atomic E-state index is 9.56. The van der Waals surface area contributed by atoms with E-state index in [0.29, 0.717) is 12.2 Å². The van der Waals surface area contributed by atoms with Gasteiger partial charge >= 0.3 is 0 Å². The van der Waals surface area contributed by atoms with Gasteiger partial charge in [-0.25, -0.2) is 0 Å². The van der Waals surface area contributed by atoms with Crippen LogP contribution in [0.15, 0.2) is 93.9 Å². The molecule has 0 aliphatic carbocycles. The van der Waals surface area contributed by atoms with Crippen molar-refractivity contribution in [3.05, 3.63) is 111 Å². The number of allylic oxidation sites excluding steroid dienone is 1. The monoisotopic (exact) mass is 517 g/mol. The van der Waals surface area contributed by atoms with E-state index in [1.165, 1.54) is 10.8 Å². The van der Waals surface area contributed by atoms with Crippen LogP contribution in [0.25, 0.3) is 22.4 Å². The second-order valence-electron chi connectivity index (χ2n) is 6.78. The van der Waals surface area contributed by atoms with Gasteiger partial charge in [0.2, 0.25) is 0 Å². The Morgan fingerprint density at radius 3 is 2.27 bits per heavy atom. The zero-order chi connectivity index (χ0) is 20.9. The average Bonchev–Trinajstić information content (AvgIpc) is 2.77. The van der Waals surface area contributed by atoms with Crippen LogP contribution in [-0.2, 0) is 6.61 Å². The first kappa shape index (κ1) is 20.4. The van der Waals surface area contributed by atoms with Gasteiger partial charge in [0.05, 0.1) is 20.6 Å². The third-order valence-corrected chi connectivity index (χ3v) is 5.97. The second kappa shape index (κ2) is 9.30. The molecule has 0 amide bonds. The molecule has 0 spiro atoms. The number of halogens is 2. The molecule has 0 heterocycles. The molecule has 2 nitrogen and oxygen atoms in total.